The molecule has 0 radical (unpaired) electrons. The summed E-state index contributed by atoms with van der Waals surface area (Å²) in [5.41, 5.74) is 4.22. The highest BCUT2D eigenvalue weighted by Gasteiger charge is 2.29. The van der Waals surface area contributed by atoms with Crippen LogP contribution < -0.4 is 9.47 Å². The Hall–Kier alpha value is -2.95. The molecule has 0 spiro atoms. The number of ether oxygens (including phenoxy) is 2. The molecular formula is C23H26N2O3. The van der Waals surface area contributed by atoms with Gasteiger partial charge >= 0.3 is 0 Å². The highest BCUT2D eigenvalue weighted by atomic mass is 16.5. The Balaban J connectivity index is 1.50. The first-order chi connectivity index (χ1) is 13.6. The van der Waals surface area contributed by atoms with E-state index in [9.17, 15) is 4.79 Å². The van der Waals surface area contributed by atoms with Gasteiger partial charge in [0.05, 0.1) is 14.2 Å². The monoisotopic (exact) mass is 378 g/mol. The van der Waals surface area contributed by atoms with E-state index < -0.39 is 0 Å². The van der Waals surface area contributed by atoms with Crippen LogP contribution in [0.25, 0.3) is 10.9 Å². The molecule has 0 atom stereocenters. The molecule has 1 amide bonds. The van der Waals surface area contributed by atoms with Crippen LogP contribution in [0.15, 0.2) is 42.5 Å². The van der Waals surface area contributed by atoms with Crippen molar-refractivity contribution in [2.24, 2.45) is 0 Å². The second-order valence-electron chi connectivity index (χ2n) is 7.42. The molecular weight excluding hydrogens is 352 g/mol. The summed E-state index contributed by atoms with van der Waals surface area (Å²) in [6.07, 6.45) is 1.88. The standard InChI is InChI=1S/C23H26N2O3/c1-15-7-8-18-17(13-15)14-19(24-18)16-9-11-25(12-10-16)23(26)22-20(27-2)5-4-6-21(22)28-3/h4-8,13-14,16,24H,9-12H2,1-3H3. The molecule has 1 saturated heterocycles. The first kappa shape index (κ1) is 18.4. The second kappa shape index (κ2) is 7.58. The maximum Gasteiger partial charge on any atom is 0.261 e. The van der Waals surface area contributed by atoms with Crippen molar-refractivity contribution in [3.63, 3.8) is 0 Å². The molecule has 0 bridgehead atoms. The number of nitrogens with zero attached hydrogens (tertiary/aromatic N) is 1. The highest BCUT2D eigenvalue weighted by molar-refractivity contribution is 5.99. The minimum atomic E-state index is -0.0278. The van der Waals surface area contributed by atoms with E-state index in [4.69, 9.17) is 9.47 Å². The van der Waals surface area contributed by atoms with Gasteiger partial charge in [0.15, 0.2) is 0 Å². The molecule has 146 valence electrons. The number of likely N-dealkylation sites (tertiary alicyclic amines) is 1. The largest absolute Gasteiger partial charge is 0.496 e. The van der Waals surface area contributed by atoms with E-state index >= 15 is 0 Å². The average Bonchev–Trinajstić information content (AvgIpc) is 3.15. The molecule has 1 aliphatic heterocycles. The number of aryl methyl sites for hydroxylation is 1. The van der Waals surface area contributed by atoms with Crippen LogP contribution in [0.2, 0.25) is 0 Å². The van der Waals surface area contributed by atoms with Crippen molar-refractivity contribution in [1.29, 1.82) is 0 Å². The average molecular weight is 378 g/mol. The highest BCUT2D eigenvalue weighted by Crippen LogP contribution is 2.34. The zero-order chi connectivity index (χ0) is 19.7. The van der Waals surface area contributed by atoms with Crippen molar-refractivity contribution in [2.75, 3.05) is 27.3 Å². The summed E-state index contributed by atoms with van der Waals surface area (Å²) in [4.78, 5) is 18.6. The Bertz CT molecular complexity index is 978. The zero-order valence-electron chi connectivity index (χ0n) is 16.6. The first-order valence-corrected chi connectivity index (χ1v) is 9.70. The summed E-state index contributed by atoms with van der Waals surface area (Å²) in [6.45, 7) is 3.56. The summed E-state index contributed by atoms with van der Waals surface area (Å²) in [6, 6.07) is 14.2. The van der Waals surface area contributed by atoms with Gasteiger partial charge in [-0.3, -0.25) is 4.79 Å². The molecule has 2 heterocycles. The number of carbonyl (C=O) groups excluding carboxylic acids is 1. The number of fused-ring (bicyclic) bond motifs is 1. The van der Waals surface area contributed by atoms with Crippen molar-refractivity contribution in [3.8, 4) is 11.5 Å². The third-order valence-electron chi connectivity index (χ3n) is 5.66. The molecule has 0 unspecified atom stereocenters. The van der Waals surface area contributed by atoms with Crippen molar-refractivity contribution in [2.45, 2.75) is 25.7 Å². The Labute approximate surface area is 165 Å². The Morgan fingerprint density at radius 3 is 2.36 bits per heavy atom. The molecule has 0 saturated carbocycles. The Morgan fingerprint density at radius 1 is 1.04 bits per heavy atom. The third-order valence-corrected chi connectivity index (χ3v) is 5.66. The molecule has 28 heavy (non-hydrogen) atoms. The number of hydrogen-bond acceptors (Lipinski definition) is 3. The minimum absolute atomic E-state index is 0.0278. The van der Waals surface area contributed by atoms with E-state index in [0.717, 1.165) is 25.9 Å². The number of aromatic nitrogens is 1. The van der Waals surface area contributed by atoms with Crippen LogP contribution in [-0.4, -0.2) is 43.1 Å². The van der Waals surface area contributed by atoms with E-state index in [-0.39, 0.29) is 5.91 Å². The molecule has 5 heteroatoms. The van der Waals surface area contributed by atoms with Gasteiger partial charge in [-0.05, 0) is 55.5 Å². The predicted octanol–water partition coefficient (Wildman–Crippen LogP) is 4.51. The molecule has 1 aliphatic rings. The van der Waals surface area contributed by atoms with Gasteiger partial charge in [0.2, 0.25) is 0 Å². The summed E-state index contributed by atoms with van der Waals surface area (Å²) in [5, 5.41) is 1.26. The van der Waals surface area contributed by atoms with Crippen LogP contribution in [0.5, 0.6) is 11.5 Å². The lowest BCUT2D eigenvalue weighted by Gasteiger charge is -2.32. The quantitative estimate of drug-likeness (QED) is 0.727. The number of hydrogen-bond donors (Lipinski definition) is 1. The molecule has 2 aromatic carbocycles. The Morgan fingerprint density at radius 2 is 1.71 bits per heavy atom. The third kappa shape index (κ3) is 3.33. The summed E-state index contributed by atoms with van der Waals surface area (Å²) in [5.74, 6) is 1.52. The summed E-state index contributed by atoms with van der Waals surface area (Å²) in [7, 11) is 3.16. The van der Waals surface area contributed by atoms with Gasteiger partial charge in [0, 0.05) is 30.2 Å². The molecule has 1 N–H and O–H groups in total. The van der Waals surface area contributed by atoms with E-state index in [1.165, 1.54) is 22.2 Å². The van der Waals surface area contributed by atoms with Gasteiger partial charge in [0.1, 0.15) is 17.1 Å². The molecule has 1 fully saturated rings. The maximum atomic E-state index is 13.1. The van der Waals surface area contributed by atoms with Crippen molar-refractivity contribution in [3.05, 3.63) is 59.3 Å². The van der Waals surface area contributed by atoms with E-state index in [0.29, 0.717) is 23.0 Å². The van der Waals surface area contributed by atoms with Gasteiger partial charge in [-0.15, -0.1) is 0 Å². The maximum absolute atomic E-state index is 13.1. The van der Waals surface area contributed by atoms with Crippen molar-refractivity contribution in [1.82, 2.24) is 9.88 Å². The van der Waals surface area contributed by atoms with Gasteiger partial charge in [-0.25, -0.2) is 0 Å². The van der Waals surface area contributed by atoms with Gasteiger partial charge < -0.3 is 19.4 Å². The van der Waals surface area contributed by atoms with Crippen molar-refractivity contribution >= 4 is 16.8 Å². The number of amides is 1. The summed E-state index contributed by atoms with van der Waals surface area (Å²) < 4.78 is 10.8. The lowest BCUT2D eigenvalue weighted by molar-refractivity contribution is 0.0705. The van der Waals surface area contributed by atoms with E-state index in [1.54, 1.807) is 26.4 Å². The molecule has 0 aliphatic carbocycles. The molecule has 5 nitrogen and oxygen atoms in total. The fourth-order valence-corrected chi connectivity index (χ4v) is 4.11. The number of benzene rings is 2. The second-order valence-corrected chi connectivity index (χ2v) is 7.42. The van der Waals surface area contributed by atoms with E-state index in [1.807, 2.05) is 11.0 Å². The number of nitrogens with one attached hydrogen (secondary N) is 1. The number of methoxy groups -OCH3 is 2. The summed E-state index contributed by atoms with van der Waals surface area (Å²) >= 11 is 0. The topological polar surface area (TPSA) is 54.6 Å². The Kier molecular flexibility index (Phi) is 4.99. The fraction of sp³-hybridized carbons (Fsp3) is 0.348. The number of piperidine rings is 1. The predicted molar refractivity (Wildman–Crippen MR) is 110 cm³/mol. The normalized spacial score (nSPS) is 15.0. The van der Waals surface area contributed by atoms with Crippen LogP contribution in [0.4, 0.5) is 0 Å². The van der Waals surface area contributed by atoms with Gasteiger partial charge in [-0.1, -0.05) is 17.7 Å². The number of rotatable bonds is 4. The molecule has 4 rings (SSSR count). The number of carbonyl (C=O) groups is 1. The van der Waals surface area contributed by atoms with Gasteiger partial charge in [-0.2, -0.15) is 0 Å². The SMILES string of the molecule is COc1cccc(OC)c1C(=O)N1CCC(c2cc3cc(C)ccc3[nH]2)CC1. The smallest absolute Gasteiger partial charge is 0.261 e. The lowest BCUT2D eigenvalue weighted by Crippen LogP contribution is -2.38. The lowest BCUT2D eigenvalue weighted by atomic mass is 9.93. The van der Waals surface area contributed by atoms with Crippen LogP contribution in [0.1, 0.15) is 40.4 Å². The van der Waals surface area contributed by atoms with E-state index in [2.05, 4.69) is 36.2 Å². The van der Waals surface area contributed by atoms with Crippen LogP contribution in [0, 0.1) is 6.92 Å². The number of H-pyrrole nitrogens is 1. The van der Waals surface area contributed by atoms with Crippen molar-refractivity contribution < 1.29 is 14.3 Å². The molecule has 1 aromatic heterocycles. The van der Waals surface area contributed by atoms with Crippen LogP contribution in [0.3, 0.4) is 0 Å². The first-order valence-electron chi connectivity index (χ1n) is 9.70. The minimum Gasteiger partial charge on any atom is -0.496 e. The number of aromatic amines is 1. The van der Waals surface area contributed by atoms with Crippen LogP contribution >= 0.6 is 0 Å². The van der Waals surface area contributed by atoms with Crippen LogP contribution in [-0.2, 0) is 0 Å². The van der Waals surface area contributed by atoms with Gasteiger partial charge in [0.25, 0.3) is 5.91 Å². The zero-order valence-corrected chi connectivity index (χ0v) is 16.6. The molecule has 3 aromatic rings. The fourth-order valence-electron chi connectivity index (χ4n) is 4.11.